The zero-order valence-corrected chi connectivity index (χ0v) is 21.7. The molecule has 1 aliphatic heterocycles. The fourth-order valence-corrected chi connectivity index (χ4v) is 4.88. The number of hydrogen-bond acceptors (Lipinski definition) is 6. The van der Waals surface area contributed by atoms with Crippen molar-refractivity contribution in [2.24, 2.45) is 0 Å². The molecule has 5 rings (SSSR count). The topological polar surface area (TPSA) is 77.4 Å². The molecule has 3 aromatic rings. The molecule has 2 N–H and O–H groups in total. The summed E-state index contributed by atoms with van der Waals surface area (Å²) in [5.74, 6) is 0.523. The number of nitrogens with one attached hydrogen (secondary N) is 2. The average Bonchev–Trinajstić information content (AvgIpc) is 2.93. The molecule has 0 bridgehead atoms. The number of rotatable bonds is 10. The van der Waals surface area contributed by atoms with Gasteiger partial charge < -0.3 is 20.1 Å². The van der Waals surface area contributed by atoms with Gasteiger partial charge in [0, 0.05) is 63.0 Å². The van der Waals surface area contributed by atoms with Crippen molar-refractivity contribution in [3.8, 4) is 5.75 Å². The molecule has 0 unspecified atom stereocenters. The summed E-state index contributed by atoms with van der Waals surface area (Å²) in [5, 5.41) is 7.73. The minimum Gasteiger partial charge on any atom is -0.487 e. The summed E-state index contributed by atoms with van der Waals surface area (Å²) in [4.78, 5) is 17.0. The van der Waals surface area contributed by atoms with Crippen LogP contribution in [0.5, 0.6) is 5.75 Å². The fourth-order valence-electron chi connectivity index (χ4n) is 4.77. The van der Waals surface area contributed by atoms with Crippen molar-refractivity contribution < 1.29 is 9.47 Å². The molecule has 0 amide bonds. The van der Waals surface area contributed by atoms with E-state index in [1.165, 1.54) is 22.8 Å². The summed E-state index contributed by atoms with van der Waals surface area (Å²) in [6.07, 6.45) is 9.42. The molecule has 1 aromatic carbocycles. The first-order valence-corrected chi connectivity index (χ1v) is 13.3. The fraction of sp³-hybridized carbons (Fsp3) is 0.379. The Morgan fingerprint density at radius 3 is 2.78 bits per heavy atom. The van der Waals surface area contributed by atoms with Gasteiger partial charge in [-0.1, -0.05) is 29.8 Å². The molecule has 37 heavy (non-hydrogen) atoms. The number of aromatic nitrogens is 2. The molecule has 1 aliphatic carbocycles. The van der Waals surface area contributed by atoms with Crippen molar-refractivity contribution >= 4 is 23.4 Å². The third-order valence-electron chi connectivity index (χ3n) is 6.84. The molecule has 2 aromatic heterocycles. The molecule has 3 heterocycles. The van der Waals surface area contributed by atoms with Gasteiger partial charge in [-0.3, -0.25) is 14.3 Å². The van der Waals surface area contributed by atoms with Gasteiger partial charge in [-0.25, -0.2) is 0 Å². The van der Waals surface area contributed by atoms with Crippen LogP contribution in [0, 0.1) is 0 Å². The monoisotopic (exact) mass is 520 g/mol. The molecule has 0 saturated carbocycles. The highest BCUT2D eigenvalue weighted by Gasteiger charge is 2.15. The Bertz CT molecular complexity index is 1280. The Kier molecular flexibility index (Phi) is 8.68. The van der Waals surface area contributed by atoms with Crippen molar-refractivity contribution in [1.29, 1.82) is 0 Å². The number of ether oxygens (including phenoxy) is 2. The largest absolute Gasteiger partial charge is 0.487 e. The highest BCUT2D eigenvalue weighted by molar-refractivity contribution is 6.30. The van der Waals surface area contributed by atoms with Crippen molar-refractivity contribution in [2.75, 3.05) is 26.3 Å². The maximum Gasteiger partial charge on any atom is 0.258 e. The first-order chi connectivity index (χ1) is 18.1. The van der Waals surface area contributed by atoms with Gasteiger partial charge in [0.2, 0.25) is 0 Å². The van der Waals surface area contributed by atoms with Crippen LogP contribution in [0.25, 0.3) is 11.8 Å². The Morgan fingerprint density at radius 1 is 1.08 bits per heavy atom. The van der Waals surface area contributed by atoms with E-state index in [4.69, 9.17) is 21.1 Å². The molecular weight excluding hydrogens is 488 g/mol. The Morgan fingerprint density at radius 2 is 1.97 bits per heavy atom. The summed E-state index contributed by atoms with van der Waals surface area (Å²) in [5.41, 5.74) is 5.43. The standard InChI is InChI=1S/C29H33ClN4O3/c30-24-4-5-26(33-19-24)20-37-28-7-12-34(29(35)17-28)27-6-3-22-15-21(1-2-23(22)16-27)18-31-10-11-32-25-8-13-36-14-9-25/h1-2,4-5,7,12,15-17,19,25,31-32H,3,6,8-11,13-14,18,20H2. The lowest BCUT2D eigenvalue weighted by Gasteiger charge is -2.23. The van der Waals surface area contributed by atoms with Crippen LogP contribution in [0.15, 0.2) is 59.7 Å². The van der Waals surface area contributed by atoms with Crippen LogP contribution in [0.2, 0.25) is 5.02 Å². The normalized spacial score (nSPS) is 15.8. The predicted octanol–water partition coefficient (Wildman–Crippen LogP) is 4.28. The van der Waals surface area contributed by atoms with Crippen molar-refractivity contribution in [3.05, 3.63) is 92.6 Å². The minimum atomic E-state index is -0.105. The Balaban J connectivity index is 1.14. The summed E-state index contributed by atoms with van der Waals surface area (Å²) < 4.78 is 12.9. The summed E-state index contributed by atoms with van der Waals surface area (Å²) >= 11 is 5.87. The van der Waals surface area contributed by atoms with Gasteiger partial charge in [-0.05, 0) is 66.6 Å². The van der Waals surface area contributed by atoms with E-state index < -0.39 is 0 Å². The van der Waals surface area contributed by atoms with E-state index in [0.29, 0.717) is 16.8 Å². The summed E-state index contributed by atoms with van der Waals surface area (Å²) in [6.45, 7) is 4.78. The van der Waals surface area contributed by atoms with Gasteiger partial charge in [-0.2, -0.15) is 0 Å². The lowest BCUT2D eigenvalue weighted by atomic mass is 9.93. The van der Waals surface area contributed by atoms with Crippen molar-refractivity contribution in [3.63, 3.8) is 0 Å². The van der Waals surface area contributed by atoms with Gasteiger partial charge >= 0.3 is 0 Å². The quantitative estimate of drug-likeness (QED) is 0.389. The van der Waals surface area contributed by atoms with Gasteiger partial charge in [-0.15, -0.1) is 0 Å². The van der Waals surface area contributed by atoms with Crippen LogP contribution in [0.4, 0.5) is 0 Å². The number of pyridine rings is 2. The SMILES string of the molecule is O=c1cc(OCc2ccc(Cl)cn2)ccn1C1=Cc2ccc(CNCCNC3CCOCC3)cc2CC1. The van der Waals surface area contributed by atoms with E-state index in [1.807, 2.05) is 6.07 Å². The van der Waals surface area contributed by atoms with Crippen molar-refractivity contribution in [2.45, 2.75) is 44.9 Å². The lowest BCUT2D eigenvalue weighted by Crippen LogP contribution is -2.38. The van der Waals surface area contributed by atoms with E-state index in [-0.39, 0.29) is 12.2 Å². The highest BCUT2D eigenvalue weighted by Crippen LogP contribution is 2.27. The van der Waals surface area contributed by atoms with E-state index in [2.05, 4.69) is 39.9 Å². The second-order valence-electron chi connectivity index (χ2n) is 9.51. The lowest BCUT2D eigenvalue weighted by molar-refractivity contribution is 0.0782. The number of hydrogen-bond donors (Lipinski definition) is 2. The van der Waals surface area contributed by atoms with Crippen LogP contribution in [0.1, 0.15) is 41.6 Å². The van der Waals surface area contributed by atoms with E-state index in [9.17, 15) is 4.79 Å². The molecule has 0 atom stereocenters. The molecule has 1 fully saturated rings. The Labute approximate surface area is 222 Å². The molecule has 0 radical (unpaired) electrons. The van der Waals surface area contributed by atoms with Crippen LogP contribution in [-0.2, 0) is 24.3 Å². The molecule has 0 spiro atoms. The minimum absolute atomic E-state index is 0.105. The second kappa shape index (κ2) is 12.5. The van der Waals surface area contributed by atoms with Gasteiger partial charge in [0.1, 0.15) is 12.4 Å². The molecular formula is C29H33ClN4O3. The molecule has 2 aliphatic rings. The number of benzene rings is 1. The first-order valence-electron chi connectivity index (χ1n) is 12.9. The number of aryl methyl sites for hydroxylation is 1. The maximum atomic E-state index is 12.8. The maximum absolute atomic E-state index is 12.8. The van der Waals surface area contributed by atoms with Crippen LogP contribution >= 0.6 is 11.6 Å². The molecule has 194 valence electrons. The summed E-state index contributed by atoms with van der Waals surface area (Å²) in [7, 11) is 0. The van der Waals surface area contributed by atoms with Crippen LogP contribution < -0.4 is 20.9 Å². The van der Waals surface area contributed by atoms with Crippen LogP contribution in [-0.4, -0.2) is 41.9 Å². The number of halogens is 1. The zero-order valence-electron chi connectivity index (χ0n) is 20.9. The number of fused-ring (bicyclic) bond motifs is 1. The predicted molar refractivity (Wildman–Crippen MR) is 147 cm³/mol. The van der Waals surface area contributed by atoms with E-state index in [0.717, 1.165) is 69.9 Å². The second-order valence-corrected chi connectivity index (χ2v) is 9.95. The number of allylic oxidation sites excluding steroid dienone is 1. The molecule has 1 saturated heterocycles. The van der Waals surface area contributed by atoms with Gasteiger partial charge in [0.25, 0.3) is 5.56 Å². The third-order valence-corrected chi connectivity index (χ3v) is 7.06. The van der Waals surface area contributed by atoms with Gasteiger partial charge in [0.05, 0.1) is 10.7 Å². The summed E-state index contributed by atoms with van der Waals surface area (Å²) in [6, 6.07) is 14.1. The Hall–Kier alpha value is -2.97. The highest BCUT2D eigenvalue weighted by atomic mass is 35.5. The third kappa shape index (κ3) is 7.08. The average molecular weight is 521 g/mol. The van der Waals surface area contributed by atoms with E-state index >= 15 is 0 Å². The van der Waals surface area contributed by atoms with Crippen molar-refractivity contribution in [1.82, 2.24) is 20.2 Å². The van der Waals surface area contributed by atoms with E-state index in [1.54, 1.807) is 29.1 Å². The molecule has 8 heteroatoms. The van der Waals surface area contributed by atoms with Gasteiger partial charge in [0.15, 0.2) is 0 Å². The smallest absolute Gasteiger partial charge is 0.258 e. The number of nitrogens with zero attached hydrogens (tertiary/aromatic N) is 2. The first kappa shape index (κ1) is 25.7. The molecule has 7 nitrogen and oxygen atoms in total. The zero-order chi connectivity index (χ0) is 25.5. The van der Waals surface area contributed by atoms with Crippen LogP contribution in [0.3, 0.4) is 0 Å².